The van der Waals surface area contributed by atoms with Gasteiger partial charge in [-0.3, -0.25) is 4.99 Å². The second-order valence-electron chi connectivity index (χ2n) is 4.82. The molecule has 0 bridgehead atoms. The number of nitrogens with one attached hydrogen (secondary N) is 1. The minimum atomic E-state index is 0.415. The molecule has 0 saturated carbocycles. The van der Waals surface area contributed by atoms with Gasteiger partial charge in [-0.15, -0.1) is 0 Å². The first-order chi connectivity index (χ1) is 8.25. The van der Waals surface area contributed by atoms with Crippen molar-refractivity contribution in [2.45, 2.75) is 32.4 Å². The minimum absolute atomic E-state index is 0.415. The van der Waals surface area contributed by atoms with Gasteiger partial charge in [-0.2, -0.15) is 0 Å². The molecule has 0 spiro atoms. The van der Waals surface area contributed by atoms with E-state index >= 15 is 0 Å². The van der Waals surface area contributed by atoms with Crippen molar-refractivity contribution in [1.82, 2.24) is 5.32 Å². The first kappa shape index (κ1) is 12.1. The Morgan fingerprint density at radius 2 is 2.12 bits per heavy atom. The van der Waals surface area contributed by atoms with E-state index in [9.17, 15) is 0 Å². The number of amidine groups is 1. The third-order valence-electron chi connectivity index (χ3n) is 3.31. The van der Waals surface area contributed by atoms with Crippen LogP contribution in [0.3, 0.4) is 0 Å². The summed E-state index contributed by atoms with van der Waals surface area (Å²) in [5.74, 6) is 1.43. The SMILES string of the molecule is C[C@@H]1CC(N)=N[C@@H]1CCNCc1ccccc1. The zero-order chi connectivity index (χ0) is 12.1. The number of nitrogens with two attached hydrogens (primary N) is 1. The van der Waals surface area contributed by atoms with Crippen molar-refractivity contribution in [3.8, 4) is 0 Å². The van der Waals surface area contributed by atoms with Crippen molar-refractivity contribution in [2.24, 2.45) is 16.6 Å². The summed E-state index contributed by atoms with van der Waals surface area (Å²) < 4.78 is 0. The largest absolute Gasteiger partial charge is 0.387 e. The molecular weight excluding hydrogens is 210 g/mol. The van der Waals surface area contributed by atoms with Gasteiger partial charge in [0.05, 0.1) is 11.9 Å². The first-order valence-corrected chi connectivity index (χ1v) is 6.32. The van der Waals surface area contributed by atoms with Crippen molar-refractivity contribution in [2.75, 3.05) is 6.54 Å². The van der Waals surface area contributed by atoms with Crippen LogP contribution in [0.4, 0.5) is 0 Å². The summed E-state index contributed by atoms with van der Waals surface area (Å²) in [5, 5.41) is 3.45. The maximum Gasteiger partial charge on any atom is 0.0944 e. The van der Waals surface area contributed by atoms with Crippen molar-refractivity contribution < 1.29 is 0 Å². The number of hydrogen-bond acceptors (Lipinski definition) is 3. The van der Waals surface area contributed by atoms with Gasteiger partial charge in [0.15, 0.2) is 0 Å². The van der Waals surface area contributed by atoms with E-state index in [0.717, 1.165) is 31.8 Å². The molecule has 3 N–H and O–H groups in total. The van der Waals surface area contributed by atoms with Crippen LogP contribution in [0.25, 0.3) is 0 Å². The fraction of sp³-hybridized carbons (Fsp3) is 0.500. The van der Waals surface area contributed by atoms with Gasteiger partial charge in [-0.1, -0.05) is 37.3 Å². The third kappa shape index (κ3) is 3.56. The lowest BCUT2D eigenvalue weighted by molar-refractivity contribution is 0.460. The fourth-order valence-electron chi connectivity index (χ4n) is 2.29. The van der Waals surface area contributed by atoms with Gasteiger partial charge in [0.1, 0.15) is 0 Å². The molecule has 92 valence electrons. The molecule has 3 nitrogen and oxygen atoms in total. The monoisotopic (exact) mass is 231 g/mol. The van der Waals surface area contributed by atoms with E-state index in [0.29, 0.717) is 12.0 Å². The van der Waals surface area contributed by atoms with Crippen LogP contribution >= 0.6 is 0 Å². The van der Waals surface area contributed by atoms with Gasteiger partial charge < -0.3 is 11.1 Å². The van der Waals surface area contributed by atoms with E-state index in [2.05, 4.69) is 41.5 Å². The standard InChI is InChI=1S/C14H21N3/c1-11-9-14(15)17-13(11)7-8-16-10-12-5-3-2-4-6-12/h2-6,11,13,16H,7-10H2,1H3,(H2,15,17)/t11-,13-/m1/s1. The Hall–Kier alpha value is -1.35. The highest BCUT2D eigenvalue weighted by Gasteiger charge is 2.23. The van der Waals surface area contributed by atoms with E-state index in [1.165, 1.54) is 5.56 Å². The molecule has 3 heteroatoms. The smallest absolute Gasteiger partial charge is 0.0944 e. The number of rotatable bonds is 5. The normalized spacial score (nSPS) is 23.7. The summed E-state index contributed by atoms with van der Waals surface area (Å²) in [6.07, 6.45) is 2.04. The van der Waals surface area contributed by atoms with Gasteiger partial charge >= 0.3 is 0 Å². The van der Waals surface area contributed by atoms with Crippen LogP contribution < -0.4 is 11.1 Å². The third-order valence-corrected chi connectivity index (χ3v) is 3.31. The molecule has 1 aliphatic rings. The highest BCUT2D eigenvalue weighted by molar-refractivity contribution is 5.82. The number of aliphatic imine (C=N–C) groups is 1. The molecule has 0 radical (unpaired) electrons. The Kier molecular flexibility index (Phi) is 4.15. The molecule has 1 aromatic rings. The second kappa shape index (κ2) is 5.82. The Balaban J connectivity index is 1.67. The summed E-state index contributed by atoms with van der Waals surface area (Å²) in [6.45, 7) is 4.16. The maximum absolute atomic E-state index is 5.74. The fourth-order valence-corrected chi connectivity index (χ4v) is 2.29. The molecule has 17 heavy (non-hydrogen) atoms. The minimum Gasteiger partial charge on any atom is -0.387 e. The van der Waals surface area contributed by atoms with Gasteiger partial charge in [0, 0.05) is 13.0 Å². The highest BCUT2D eigenvalue weighted by Crippen LogP contribution is 2.21. The second-order valence-corrected chi connectivity index (χ2v) is 4.82. The Morgan fingerprint density at radius 3 is 2.76 bits per heavy atom. The van der Waals surface area contributed by atoms with Crippen molar-refractivity contribution in [3.05, 3.63) is 35.9 Å². The van der Waals surface area contributed by atoms with E-state index in [4.69, 9.17) is 5.73 Å². The molecular formula is C14H21N3. The van der Waals surface area contributed by atoms with Crippen molar-refractivity contribution >= 4 is 5.84 Å². The summed E-state index contributed by atoms with van der Waals surface area (Å²) in [4.78, 5) is 4.47. The average molecular weight is 231 g/mol. The van der Waals surface area contributed by atoms with Crippen LogP contribution in [0.5, 0.6) is 0 Å². The topological polar surface area (TPSA) is 50.4 Å². The molecule has 1 heterocycles. The lowest BCUT2D eigenvalue weighted by Gasteiger charge is -2.13. The first-order valence-electron chi connectivity index (χ1n) is 6.32. The Bertz CT molecular complexity index is 372. The predicted octanol–water partition coefficient (Wildman–Crippen LogP) is 1.93. The van der Waals surface area contributed by atoms with E-state index in [-0.39, 0.29) is 0 Å². The molecule has 0 aromatic heterocycles. The Labute approximate surface area is 103 Å². The summed E-state index contributed by atoms with van der Waals surface area (Å²) in [7, 11) is 0. The molecule has 0 aliphatic carbocycles. The summed E-state index contributed by atoms with van der Waals surface area (Å²) >= 11 is 0. The van der Waals surface area contributed by atoms with Crippen LogP contribution in [0.15, 0.2) is 35.3 Å². The number of benzene rings is 1. The zero-order valence-electron chi connectivity index (χ0n) is 10.4. The van der Waals surface area contributed by atoms with Crippen LogP contribution in [-0.4, -0.2) is 18.4 Å². The summed E-state index contributed by atoms with van der Waals surface area (Å²) in [6, 6.07) is 10.9. The van der Waals surface area contributed by atoms with Crippen LogP contribution in [0.2, 0.25) is 0 Å². The van der Waals surface area contributed by atoms with Crippen LogP contribution in [-0.2, 0) is 6.54 Å². The van der Waals surface area contributed by atoms with E-state index < -0.39 is 0 Å². The van der Waals surface area contributed by atoms with Gasteiger partial charge in [0.25, 0.3) is 0 Å². The summed E-state index contributed by atoms with van der Waals surface area (Å²) in [5.41, 5.74) is 7.07. The molecule has 2 atom stereocenters. The van der Waals surface area contributed by atoms with Crippen LogP contribution in [0.1, 0.15) is 25.3 Å². The quantitative estimate of drug-likeness (QED) is 0.761. The van der Waals surface area contributed by atoms with Gasteiger partial charge in [0.2, 0.25) is 0 Å². The highest BCUT2D eigenvalue weighted by atomic mass is 14.9. The number of hydrogen-bond donors (Lipinski definition) is 2. The van der Waals surface area contributed by atoms with Gasteiger partial charge in [-0.25, -0.2) is 0 Å². The van der Waals surface area contributed by atoms with Crippen LogP contribution in [0, 0.1) is 5.92 Å². The molecule has 0 fully saturated rings. The molecule has 1 aliphatic heterocycles. The van der Waals surface area contributed by atoms with E-state index in [1.807, 2.05) is 6.07 Å². The van der Waals surface area contributed by atoms with E-state index in [1.54, 1.807) is 0 Å². The Morgan fingerprint density at radius 1 is 1.35 bits per heavy atom. The average Bonchev–Trinajstić information content (AvgIpc) is 2.65. The molecule has 0 saturated heterocycles. The van der Waals surface area contributed by atoms with Gasteiger partial charge in [-0.05, 0) is 24.4 Å². The molecule has 2 rings (SSSR count). The lowest BCUT2D eigenvalue weighted by Crippen LogP contribution is -2.21. The number of nitrogens with zero attached hydrogens (tertiary/aromatic N) is 1. The molecule has 0 amide bonds. The molecule has 0 unspecified atom stereocenters. The lowest BCUT2D eigenvalue weighted by atomic mass is 9.99. The maximum atomic E-state index is 5.74. The predicted molar refractivity (Wildman–Crippen MR) is 72.0 cm³/mol. The van der Waals surface area contributed by atoms with Crippen molar-refractivity contribution in [1.29, 1.82) is 0 Å². The van der Waals surface area contributed by atoms with Crippen molar-refractivity contribution in [3.63, 3.8) is 0 Å². The zero-order valence-corrected chi connectivity index (χ0v) is 10.4. The molecule has 1 aromatic carbocycles.